The van der Waals surface area contributed by atoms with Crippen LogP contribution in [0.4, 0.5) is 0 Å². The lowest BCUT2D eigenvalue weighted by molar-refractivity contribution is 0.256. The second-order valence-corrected chi connectivity index (χ2v) is 6.15. The molecule has 1 fully saturated rings. The number of hydrogen-bond donors (Lipinski definition) is 1. The van der Waals surface area contributed by atoms with Gasteiger partial charge in [-0.05, 0) is 25.9 Å². The predicted octanol–water partition coefficient (Wildman–Crippen LogP) is 1.32. The van der Waals surface area contributed by atoms with E-state index in [2.05, 4.69) is 29.0 Å². The predicted molar refractivity (Wildman–Crippen MR) is 73.5 cm³/mol. The number of aromatic nitrogens is 2. The summed E-state index contributed by atoms with van der Waals surface area (Å²) in [6.45, 7) is 3.94. The van der Waals surface area contributed by atoms with Gasteiger partial charge in [-0.15, -0.1) is 0 Å². The maximum Gasteiger partial charge on any atom is 0.226 e. The van der Waals surface area contributed by atoms with Crippen molar-refractivity contribution in [3.8, 4) is 0 Å². The molecule has 2 N–H and O–H groups in total. The lowest BCUT2D eigenvalue weighted by Gasteiger charge is -2.29. The van der Waals surface area contributed by atoms with Crippen LogP contribution in [-0.4, -0.2) is 46.7 Å². The second kappa shape index (κ2) is 6.54. The van der Waals surface area contributed by atoms with Gasteiger partial charge in [0.1, 0.15) is 0 Å². The fourth-order valence-electron chi connectivity index (χ4n) is 1.95. The molecule has 0 radical (unpaired) electrons. The van der Waals surface area contributed by atoms with Crippen molar-refractivity contribution >= 4 is 11.8 Å². The summed E-state index contributed by atoms with van der Waals surface area (Å²) in [6, 6.07) is 0.299. The van der Waals surface area contributed by atoms with Gasteiger partial charge in [0.25, 0.3) is 0 Å². The molecule has 1 aromatic heterocycles. The number of hydrogen-bond acceptors (Lipinski definition) is 6. The number of rotatable bonds is 5. The summed E-state index contributed by atoms with van der Waals surface area (Å²) in [6.07, 6.45) is 1.84. The molecule has 1 aromatic rings. The Bertz CT molecular complexity index is 371. The van der Waals surface area contributed by atoms with Gasteiger partial charge in [0.05, 0.1) is 6.04 Å². The smallest absolute Gasteiger partial charge is 0.226 e. The zero-order chi connectivity index (χ0) is 13.0. The van der Waals surface area contributed by atoms with Gasteiger partial charge < -0.3 is 10.3 Å². The first-order valence-electron chi connectivity index (χ1n) is 6.51. The molecule has 6 heteroatoms. The largest absolute Gasteiger partial charge is 0.339 e. The summed E-state index contributed by atoms with van der Waals surface area (Å²) in [5.41, 5.74) is 5.60. The molecular formula is C12H22N4OS. The molecule has 0 aliphatic carbocycles. The Morgan fingerprint density at radius 2 is 2.44 bits per heavy atom. The Hall–Kier alpha value is -0.590. The lowest BCUT2D eigenvalue weighted by Crippen LogP contribution is -2.33. The van der Waals surface area contributed by atoms with Crippen LogP contribution < -0.4 is 5.73 Å². The van der Waals surface area contributed by atoms with E-state index >= 15 is 0 Å². The summed E-state index contributed by atoms with van der Waals surface area (Å²) in [5.74, 6) is 4.32. The lowest BCUT2D eigenvalue weighted by atomic mass is 10.1. The van der Waals surface area contributed by atoms with Crippen molar-refractivity contribution in [2.24, 2.45) is 11.7 Å². The van der Waals surface area contributed by atoms with Crippen LogP contribution in [0.1, 0.15) is 31.1 Å². The topological polar surface area (TPSA) is 68.2 Å². The van der Waals surface area contributed by atoms with Crippen LogP contribution >= 0.6 is 11.8 Å². The average Bonchev–Trinajstić information content (AvgIpc) is 2.85. The van der Waals surface area contributed by atoms with Gasteiger partial charge in [-0.25, -0.2) is 0 Å². The molecule has 5 nitrogen and oxygen atoms in total. The highest BCUT2D eigenvalue weighted by Crippen LogP contribution is 2.26. The molecule has 0 amide bonds. The maximum absolute atomic E-state index is 5.60. The molecule has 2 rings (SSSR count). The van der Waals surface area contributed by atoms with Crippen molar-refractivity contribution in [2.75, 3.05) is 31.6 Å². The molecule has 18 heavy (non-hydrogen) atoms. The Kier molecular flexibility index (Phi) is 5.03. The molecule has 0 aromatic carbocycles. The van der Waals surface area contributed by atoms with E-state index in [1.165, 1.54) is 5.75 Å². The standard InChI is InChI=1S/C12H22N4OS/c1-9(7-13)3-4-11-14-12(15-17-11)10-8-18-6-5-16(10)2/h9-10H,3-8,13H2,1-2H3. The van der Waals surface area contributed by atoms with Crippen molar-refractivity contribution in [1.82, 2.24) is 15.0 Å². The highest BCUT2D eigenvalue weighted by molar-refractivity contribution is 7.99. The number of nitrogens with zero attached hydrogens (tertiary/aromatic N) is 3. The van der Waals surface area contributed by atoms with Crippen LogP contribution in [0.15, 0.2) is 4.52 Å². The first-order valence-corrected chi connectivity index (χ1v) is 7.66. The zero-order valence-corrected chi connectivity index (χ0v) is 11.9. The Labute approximate surface area is 112 Å². The van der Waals surface area contributed by atoms with E-state index < -0.39 is 0 Å². The van der Waals surface area contributed by atoms with Gasteiger partial charge in [0.15, 0.2) is 5.82 Å². The number of aryl methyl sites for hydroxylation is 1. The van der Waals surface area contributed by atoms with Crippen molar-refractivity contribution in [2.45, 2.75) is 25.8 Å². The Morgan fingerprint density at radius 1 is 1.61 bits per heavy atom. The fraction of sp³-hybridized carbons (Fsp3) is 0.833. The first kappa shape index (κ1) is 13.8. The third-order valence-electron chi connectivity index (χ3n) is 3.43. The van der Waals surface area contributed by atoms with Gasteiger partial charge in [-0.1, -0.05) is 12.1 Å². The summed E-state index contributed by atoms with van der Waals surface area (Å²) in [7, 11) is 2.12. The molecule has 2 heterocycles. The van der Waals surface area contributed by atoms with Gasteiger partial charge in [0.2, 0.25) is 5.89 Å². The van der Waals surface area contributed by atoms with Crippen molar-refractivity contribution < 1.29 is 4.52 Å². The number of nitrogens with two attached hydrogens (primary N) is 1. The number of thioether (sulfide) groups is 1. The summed E-state index contributed by atoms with van der Waals surface area (Å²) in [5, 5.41) is 4.12. The molecule has 0 bridgehead atoms. The Balaban J connectivity index is 1.92. The van der Waals surface area contributed by atoms with Gasteiger partial charge in [0, 0.05) is 24.5 Å². The van der Waals surface area contributed by atoms with Crippen LogP contribution in [0.25, 0.3) is 0 Å². The van der Waals surface area contributed by atoms with Crippen LogP contribution in [0.5, 0.6) is 0 Å². The zero-order valence-electron chi connectivity index (χ0n) is 11.1. The SMILES string of the molecule is CC(CN)CCc1nc(C2CSCCN2C)no1. The van der Waals surface area contributed by atoms with Crippen LogP contribution in [0.3, 0.4) is 0 Å². The third kappa shape index (κ3) is 3.46. The maximum atomic E-state index is 5.60. The minimum atomic E-state index is 0.299. The van der Waals surface area contributed by atoms with E-state index in [1.807, 2.05) is 11.8 Å². The van der Waals surface area contributed by atoms with Gasteiger partial charge >= 0.3 is 0 Å². The fourth-order valence-corrected chi connectivity index (χ4v) is 3.16. The van der Waals surface area contributed by atoms with Crippen molar-refractivity contribution in [3.05, 3.63) is 11.7 Å². The average molecular weight is 270 g/mol. The van der Waals surface area contributed by atoms with E-state index in [9.17, 15) is 0 Å². The molecule has 2 atom stereocenters. The molecule has 1 aliphatic heterocycles. The van der Waals surface area contributed by atoms with Crippen LogP contribution in [0.2, 0.25) is 0 Å². The van der Waals surface area contributed by atoms with E-state index in [-0.39, 0.29) is 0 Å². The highest BCUT2D eigenvalue weighted by atomic mass is 32.2. The molecule has 102 valence electrons. The Morgan fingerprint density at radius 3 is 3.17 bits per heavy atom. The molecular weight excluding hydrogens is 248 g/mol. The molecule has 1 saturated heterocycles. The third-order valence-corrected chi connectivity index (χ3v) is 4.45. The minimum absolute atomic E-state index is 0.299. The monoisotopic (exact) mass is 270 g/mol. The van der Waals surface area contributed by atoms with Gasteiger partial charge in [-0.3, -0.25) is 4.90 Å². The minimum Gasteiger partial charge on any atom is -0.339 e. The van der Waals surface area contributed by atoms with E-state index in [0.29, 0.717) is 18.5 Å². The normalized spacial score (nSPS) is 23.2. The van der Waals surface area contributed by atoms with Crippen LogP contribution in [0, 0.1) is 5.92 Å². The van der Waals surface area contributed by atoms with E-state index in [4.69, 9.17) is 10.3 Å². The van der Waals surface area contributed by atoms with E-state index in [1.54, 1.807) is 0 Å². The van der Waals surface area contributed by atoms with Crippen molar-refractivity contribution in [3.63, 3.8) is 0 Å². The highest BCUT2D eigenvalue weighted by Gasteiger charge is 2.25. The summed E-state index contributed by atoms with van der Waals surface area (Å²) in [4.78, 5) is 6.82. The molecule has 0 saturated carbocycles. The molecule has 2 unspecified atom stereocenters. The van der Waals surface area contributed by atoms with E-state index in [0.717, 1.165) is 36.9 Å². The second-order valence-electron chi connectivity index (χ2n) is 5.00. The van der Waals surface area contributed by atoms with Crippen LogP contribution in [-0.2, 0) is 6.42 Å². The van der Waals surface area contributed by atoms with Gasteiger partial charge in [-0.2, -0.15) is 16.7 Å². The first-order chi connectivity index (χ1) is 8.70. The summed E-state index contributed by atoms with van der Waals surface area (Å²) >= 11 is 1.95. The van der Waals surface area contributed by atoms with Crippen molar-refractivity contribution in [1.29, 1.82) is 0 Å². The quantitative estimate of drug-likeness (QED) is 0.870. The molecule has 0 spiro atoms. The summed E-state index contributed by atoms with van der Waals surface area (Å²) < 4.78 is 5.32. The molecule has 1 aliphatic rings.